The average Bonchev–Trinajstić information content (AvgIpc) is 3.39. The molecule has 0 spiro atoms. The van der Waals surface area contributed by atoms with E-state index in [1.54, 1.807) is 29.1 Å². The summed E-state index contributed by atoms with van der Waals surface area (Å²) >= 11 is 21.4. The molecule has 1 saturated carbocycles. The molecule has 1 fully saturated rings. The predicted octanol–water partition coefficient (Wildman–Crippen LogP) is 6.30. The van der Waals surface area contributed by atoms with E-state index in [1.807, 2.05) is 0 Å². The Hall–Kier alpha value is -1.68. The third-order valence-electron chi connectivity index (χ3n) is 4.72. The molecule has 0 atom stereocenters. The minimum Gasteiger partial charge on any atom is -0.306 e. The van der Waals surface area contributed by atoms with Crippen LogP contribution in [0.1, 0.15) is 42.1 Å². The van der Waals surface area contributed by atoms with E-state index in [-0.39, 0.29) is 33.5 Å². The van der Waals surface area contributed by atoms with Gasteiger partial charge in [-0.2, -0.15) is 10.2 Å². The van der Waals surface area contributed by atoms with Crippen LogP contribution in [-0.2, 0) is 17.9 Å². The SMILES string of the molecule is O=C(Cn1nc(C(F)F)c(Br)c1C1CC1)Nc1nn(Cc2ccc(Cl)c(Cl)c2)cc1Cl. The predicted molar refractivity (Wildman–Crippen MR) is 118 cm³/mol. The van der Waals surface area contributed by atoms with Crippen molar-refractivity contribution in [1.82, 2.24) is 19.6 Å². The van der Waals surface area contributed by atoms with E-state index in [0.717, 1.165) is 18.4 Å². The van der Waals surface area contributed by atoms with E-state index in [9.17, 15) is 13.6 Å². The number of hydrogen-bond donors (Lipinski definition) is 1. The van der Waals surface area contributed by atoms with E-state index in [0.29, 0.717) is 22.3 Å². The number of nitrogens with zero attached hydrogens (tertiary/aromatic N) is 4. The molecule has 31 heavy (non-hydrogen) atoms. The summed E-state index contributed by atoms with van der Waals surface area (Å²) < 4.78 is 29.6. The van der Waals surface area contributed by atoms with Gasteiger partial charge in [-0.15, -0.1) is 0 Å². The van der Waals surface area contributed by atoms with Crippen LogP contribution in [0.2, 0.25) is 15.1 Å². The van der Waals surface area contributed by atoms with Crippen LogP contribution >= 0.6 is 50.7 Å². The maximum absolute atomic E-state index is 13.2. The number of anilines is 1. The summed E-state index contributed by atoms with van der Waals surface area (Å²) in [7, 11) is 0. The third kappa shape index (κ3) is 5.05. The highest BCUT2D eigenvalue weighted by Gasteiger charge is 2.34. The van der Waals surface area contributed by atoms with Crippen molar-refractivity contribution in [3.8, 4) is 0 Å². The van der Waals surface area contributed by atoms with Gasteiger partial charge in [0.25, 0.3) is 6.43 Å². The van der Waals surface area contributed by atoms with E-state index in [2.05, 4.69) is 31.4 Å². The van der Waals surface area contributed by atoms with Gasteiger partial charge in [-0.1, -0.05) is 40.9 Å². The molecule has 6 nitrogen and oxygen atoms in total. The minimum absolute atomic E-state index is 0.121. The molecule has 4 rings (SSSR count). The summed E-state index contributed by atoms with van der Waals surface area (Å²) in [6.45, 7) is 0.134. The second kappa shape index (κ2) is 9.05. The van der Waals surface area contributed by atoms with Crippen molar-refractivity contribution in [1.29, 1.82) is 0 Å². The van der Waals surface area contributed by atoms with Crippen molar-refractivity contribution in [2.45, 2.75) is 38.3 Å². The highest BCUT2D eigenvalue weighted by Crippen LogP contribution is 2.45. The zero-order valence-electron chi connectivity index (χ0n) is 15.8. The first-order valence-electron chi connectivity index (χ1n) is 9.24. The molecule has 164 valence electrons. The Balaban J connectivity index is 1.47. The topological polar surface area (TPSA) is 64.7 Å². The summed E-state index contributed by atoms with van der Waals surface area (Å²) in [5.74, 6) is -0.185. The van der Waals surface area contributed by atoms with Gasteiger partial charge in [-0.05, 0) is 46.5 Å². The molecular weight excluding hydrogens is 539 g/mol. The number of nitrogens with one attached hydrogen (secondary N) is 1. The molecule has 0 unspecified atom stereocenters. The molecule has 12 heteroatoms. The fourth-order valence-corrected chi connectivity index (χ4v) is 4.47. The Bertz CT molecular complexity index is 1150. The van der Waals surface area contributed by atoms with Gasteiger partial charge in [0.1, 0.15) is 17.3 Å². The van der Waals surface area contributed by atoms with Gasteiger partial charge in [0, 0.05) is 12.1 Å². The van der Waals surface area contributed by atoms with Crippen molar-refractivity contribution in [3.63, 3.8) is 0 Å². The summed E-state index contributed by atoms with van der Waals surface area (Å²) in [6.07, 6.45) is 0.580. The first-order chi connectivity index (χ1) is 14.7. The van der Waals surface area contributed by atoms with Gasteiger partial charge in [-0.3, -0.25) is 14.2 Å². The Morgan fingerprint density at radius 2 is 1.94 bits per heavy atom. The van der Waals surface area contributed by atoms with E-state index < -0.39 is 12.3 Å². The number of carbonyl (C=O) groups excluding carboxylic acids is 1. The monoisotopic (exact) mass is 551 g/mol. The molecule has 1 N–H and O–H groups in total. The number of halogens is 6. The molecule has 1 aliphatic rings. The molecule has 2 aromatic heterocycles. The lowest BCUT2D eigenvalue weighted by Gasteiger charge is -2.07. The van der Waals surface area contributed by atoms with Crippen LogP contribution in [0.5, 0.6) is 0 Å². The zero-order valence-corrected chi connectivity index (χ0v) is 19.6. The molecule has 0 radical (unpaired) electrons. The van der Waals surface area contributed by atoms with Gasteiger partial charge in [0.2, 0.25) is 5.91 Å². The normalized spacial score (nSPS) is 13.8. The van der Waals surface area contributed by atoms with Gasteiger partial charge in [0.15, 0.2) is 5.82 Å². The number of benzene rings is 1. The highest BCUT2D eigenvalue weighted by molar-refractivity contribution is 9.10. The van der Waals surface area contributed by atoms with Crippen LogP contribution in [0, 0.1) is 0 Å². The number of aromatic nitrogens is 4. The number of hydrogen-bond acceptors (Lipinski definition) is 3. The molecule has 1 amide bonds. The standard InChI is InChI=1S/C19H15BrCl3F2N5O/c20-15-16(18(24)25)27-30(17(15)10-2-3-10)8-14(31)26-19-13(23)7-29(28-19)6-9-1-4-11(21)12(22)5-9/h1,4-5,7,10,18H,2-3,6,8H2,(H,26,28,31). The molecule has 0 saturated heterocycles. The minimum atomic E-state index is -2.73. The number of carbonyl (C=O) groups is 1. The van der Waals surface area contributed by atoms with Crippen LogP contribution in [0.3, 0.4) is 0 Å². The first-order valence-corrected chi connectivity index (χ1v) is 11.2. The van der Waals surface area contributed by atoms with Crippen LogP contribution < -0.4 is 5.32 Å². The van der Waals surface area contributed by atoms with Crippen molar-refractivity contribution in [3.05, 3.63) is 60.9 Å². The second-order valence-electron chi connectivity index (χ2n) is 7.14. The average molecular weight is 554 g/mol. The molecule has 0 bridgehead atoms. The van der Waals surface area contributed by atoms with Gasteiger partial charge in [0.05, 0.1) is 26.8 Å². The Morgan fingerprint density at radius 3 is 2.58 bits per heavy atom. The van der Waals surface area contributed by atoms with Gasteiger partial charge < -0.3 is 5.32 Å². The maximum atomic E-state index is 13.2. The fraction of sp³-hybridized carbons (Fsp3) is 0.316. The summed E-state index contributed by atoms with van der Waals surface area (Å²) in [5, 5.41) is 11.9. The van der Waals surface area contributed by atoms with Gasteiger partial charge >= 0.3 is 0 Å². The lowest BCUT2D eigenvalue weighted by molar-refractivity contribution is -0.117. The van der Waals surface area contributed by atoms with Crippen LogP contribution in [-0.4, -0.2) is 25.5 Å². The number of amides is 1. The lowest BCUT2D eigenvalue weighted by atomic mass is 10.2. The summed E-state index contributed by atoms with van der Waals surface area (Å²) in [4.78, 5) is 12.6. The molecule has 3 aromatic rings. The smallest absolute Gasteiger partial charge is 0.283 e. The van der Waals surface area contributed by atoms with E-state index >= 15 is 0 Å². The fourth-order valence-electron chi connectivity index (χ4n) is 3.17. The Morgan fingerprint density at radius 1 is 1.19 bits per heavy atom. The first kappa shape index (κ1) is 22.5. The number of rotatable bonds is 7. The molecule has 1 aromatic carbocycles. The van der Waals surface area contributed by atoms with Crippen LogP contribution in [0.4, 0.5) is 14.6 Å². The summed E-state index contributed by atoms with van der Waals surface area (Å²) in [5.41, 5.74) is 1.10. The van der Waals surface area contributed by atoms with Gasteiger partial charge in [-0.25, -0.2) is 8.78 Å². The second-order valence-corrected chi connectivity index (χ2v) is 9.15. The lowest BCUT2D eigenvalue weighted by Crippen LogP contribution is -2.21. The van der Waals surface area contributed by atoms with E-state index in [4.69, 9.17) is 34.8 Å². The molecule has 0 aliphatic heterocycles. The van der Waals surface area contributed by atoms with Crippen molar-refractivity contribution < 1.29 is 13.6 Å². The summed E-state index contributed by atoms with van der Waals surface area (Å²) in [6, 6.07) is 5.20. The molecular formula is C19H15BrCl3F2N5O. The van der Waals surface area contributed by atoms with Crippen molar-refractivity contribution in [2.24, 2.45) is 0 Å². The van der Waals surface area contributed by atoms with E-state index in [1.165, 1.54) is 4.68 Å². The largest absolute Gasteiger partial charge is 0.306 e. The number of alkyl halides is 2. The van der Waals surface area contributed by atoms with Crippen LogP contribution in [0.25, 0.3) is 0 Å². The van der Waals surface area contributed by atoms with Crippen molar-refractivity contribution in [2.75, 3.05) is 5.32 Å². The third-order valence-corrected chi connectivity index (χ3v) is 6.55. The molecule has 2 heterocycles. The molecule has 1 aliphatic carbocycles. The zero-order chi connectivity index (χ0) is 22.3. The highest BCUT2D eigenvalue weighted by atomic mass is 79.9. The quantitative estimate of drug-likeness (QED) is 0.373. The van der Waals surface area contributed by atoms with Crippen molar-refractivity contribution >= 4 is 62.5 Å². The maximum Gasteiger partial charge on any atom is 0.283 e. The van der Waals surface area contributed by atoms with Crippen LogP contribution in [0.15, 0.2) is 28.9 Å². The Kier molecular flexibility index (Phi) is 6.57. The Labute approximate surface area is 199 Å².